The van der Waals surface area contributed by atoms with Crippen molar-refractivity contribution in [1.29, 1.82) is 0 Å². The molecule has 0 spiro atoms. The van der Waals surface area contributed by atoms with Crippen LogP contribution in [0.4, 0.5) is 22.0 Å². The first kappa shape index (κ1) is 25.7. The summed E-state index contributed by atoms with van der Waals surface area (Å²) in [5, 5.41) is 2.82. The third-order valence-electron chi connectivity index (χ3n) is 4.30. The van der Waals surface area contributed by atoms with Gasteiger partial charge in [0.25, 0.3) is 0 Å². The van der Waals surface area contributed by atoms with Crippen molar-refractivity contribution in [3.63, 3.8) is 0 Å². The zero-order chi connectivity index (χ0) is 19.6. The normalized spacial score (nSPS) is 15.8. The van der Waals surface area contributed by atoms with Gasteiger partial charge in [0.05, 0.1) is 11.1 Å². The van der Waals surface area contributed by atoms with Crippen LogP contribution >= 0.6 is 36.4 Å². The third-order valence-corrected chi connectivity index (χ3v) is 4.68. The van der Waals surface area contributed by atoms with Gasteiger partial charge in [0.1, 0.15) is 17.4 Å². The third kappa shape index (κ3) is 6.33. The highest BCUT2D eigenvalue weighted by Crippen LogP contribution is 2.37. The summed E-state index contributed by atoms with van der Waals surface area (Å²) < 4.78 is 69.5. The molecule has 1 saturated heterocycles. The first-order valence-electron chi connectivity index (χ1n) is 8.20. The predicted octanol–water partition coefficient (Wildman–Crippen LogP) is 5.36. The Kier molecular flexibility index (Phi) is 9.43. The van der Waals surface area contributed by atoms with Crippen LogP contribution in [0, 0.1) is 11.6 Å². The topological polar surface area (TPSA) is 24.5 Å². The average Bonchev–Trinajstić information content (AvgIpc) is 2.62. The molecule has 0 unspecified atom stereocenters. The molecule has 11 heteroatoms. The van der Waals surface area contributed by atoms with Crippen LogP contribution in [0.1, 0.15) is 17.2 Å². The molecule has 3 rings (SSSR count). The molecule has 1 atom stereocenters. The van der Waals surface area contributed by atoms with Gasteiger partial charge in [0.15, 0.2) is 0 Å². The smallest absolute Gasteiger partial charge is 0.406 e. The Labute approximate surface area is 182 Å². The van der Waals surface area contributed by atoms with Crippen LogP contribution in [-0.4, -0.2) is 37.4 Å². The van der Waals surface area contributed by atoms with E-state index in [2.05, 4.69) is 10.1 Å². The predicted molar refractivity (Wildman–Crippen MR) is 105 cm³/mol. The molecular weight excluding hydrogens is 462 g/mol. The summed E-state index contributed by atoms with van der Waals surface area (Å²) in [5.41, 5.74) is 0.445. The number of halogens is 8. The van der Waals surface area contributed by atoms with Crippen molar-refractivity contribution in [1.82, 2.24) is 10.2 Å². The fraction of sp³-hybridized carbons (Fsp3) is 0.333. The van der Waals surface area contributed by atoms with Crippen molar-refractivity contribution in [2.24, 2.45) is 0 Å². The van der Waals surface area contributed by atoms with Crippen LogP contribution < -0.4 is 10.1 Å². The molecule has 0 radical (unpaired) electrons. The Balaban J connectivity index is 0.00000210. The molecule has 29 heavy (non-hydrogen) atoms. The Morgan fingerprint density at radius 1 is 0.931 bits per heavy atom. The zero-order valence-electron chi connectivity index (χ0n) is 14.8. The molecule has 1 heterocycles. The van der Waals surface area contributed by atoms with E-state index in [1.54, 1.807) is 0 Å². The minimum atomic E-state index is -4.81. The Bertz CT molecular complexity index is 799. The highest BCUT2D eigenvalue weighted by Gasteiger charge is 2.32. The van der Waals surface area contributed by atoms with Gasteiger partial charge < -0.3 is 10.1 Å². The summed E-state index contributed by atoms with van der Waals surface area (Å²) in [6.07, 6.45) is -4.81. The van der Waals surface area contributed by atoms with Gasteiger partial charge in [-0.3, -0.25) is 4.90 Å². The summed E-state index contributed by atoms with van der Waals surface area (Å²) >= 11 is 6.05. The second kappa shape index (κ2) is 10.6. The van der Waals surface area contributed by atoms with Crippen molar-refractivity contribution in [3.05, 3.63) is 64.2 Å². The SMILES string of the molecule is Cl.Cl.Fc1ccc(F)c([C@@H](c2ccc(OC(F)(F)F)cc2)N2CCNCC2)c1Cl. The lowest BCUT2D eigenvalue weighted by molar-refractivity contribution is -0.274. The van der Waals surface area contributed by atoms with Crippen LogP contribution in [0.3, 0.4) is 0 Å². The Hall–Kier alpha value is -1.32. The van der Waals surface area contributed by atoms with E-state index < -0.39 is 29.8 Å². The molecule has 162 valence electrons. The van der Waals surface area contributed by atoms with E-state index in [1.165, 1.54) is 12.1 Å². The molecule has 0 aromatic heterocycles. The fourth-order valence-corrected chi connectivity index (χ4v) is 3.40. The van der Waals surface area contributed by atoms with E-state index in [-0.39, 0.29) is 35.4 Å². The quantitative estimate of drug-likeness (QED) is 0.472. The summed E-state index contributed by atoms with van der Waals surface area (Å²) in [7, 11) is 0. The van der Waals surface area contributed by atoms with E-state index in [4.69, 9.17) is 11.6 Å². The molecule has 0 saturated carbocycles. The van der Waals surface area contributed by atoms with Crippen LogP contribution in [0.5, 0.6) is 5.75 Å². The number of hydrogen-bond acceptors (Lipinski definition) is 3. The molecule has 0 amide bonds. The number of piperazine rings is 1. The van der Waals surface area contributed by atoms with Crippen molar-refractivity contribution in [2.45, 2.75) is 12.4 Å². The molecular formula is C18H18Cl3F5N2O. The monoisotopic (exact) mass is 478 g/mol. The molecule has 1 fully saturated rings. The molecule has 2 aromatic carbocycles. The van der Waals surface area contributed by atoms with Gasteiger partial charge in [-0.25, -0.2) is 8.78 Å². The average molecular weight is 480 g/mol. The number of alkyl halides is 3. The van der Waals surface area contributed by atoms with Gasteiger partial charge in [-0.15, -0.1) is 38.0 Å². The van der Waals surface area contributed by atoms with Crippen molar-refractivity contribution < 1.29 is 26.7 Å². The summed E-state index contributed by atoms with van der Waals surface area (Å²) in [5.74, 6) is -1.83. The summed E-state index contributed by atoms with van der Waals surface area (Å²) in [6, 6.07) is 6.27. The van der Waals surface area contributed by atoms with E-state index in [1.807, 2.05) is 4.90 Å². The van der Waals surface area contributed by atoms with Crippen LogP contribution in [-0.2, 0) is 0 Å². The molecule has 0 aliphatic carbocycles. The van der Waals surface area contributed by atoms with Gasteiger partial charge in [0.2, 0.25) is 0 Å². The van der Waals surface area contributed by atoms with Crippen molar-refractivity contribution in [2.75, 3.05) is 26.2 Å². The van der Waals surface area contributed by atoms with Crippen molar-refractivity contribution in [3.8, 4) is 5.75 Å². The van der Waals surface area contributed by atoms with Gasteiger partial charge in [-0.05, 0) is 29.8 Å². The molecule has 2 aromatic rings. The van der Waals surface area contributed by atoms with Crippen molar-refractivity contribution >= 4 is 36.4 Å². The minimum absolute atomic E-state index is 0. The lowest BCUT2D eigenvalue weighted by atomic mass is 9.95. The van der Waals surface area contributed by atoms with E-state index in [0.29, 0.717) is 31.7 Å². The van der Waals surface area contributed by atoms with Gasteiger partial charge >= 0.3 is 6.36 Å². The first-order valence-corrected chi connectivity index (χ1v) is 8.58. The summed E-state index contributed by atoms with van der Waals surface area (Å²) in [6.45, 7) is 2.36. The molecule has 1 aliphatic heterocycles. The largest absolute Gasteiger partial charge is 0.573 e. The van der Waals surface area contributed by atoms with E-state index in [9.17, 15) is 22.0 Å². The highest BCUT2D eigenvalue weighted by atomic mass is 35.5. The number of rotatable bonds is 4. The van der Waals surface area contributed by atoms with Gasteiger partial charge in [0, 0.05) is 31.7 Å². The van der Waals surface area contributed by atoms with Gasteiger partial charge in [-0.2, -0.15) is 0 Å². The number of nitrogens with zero attached hydrogens (tertiary/aromatic N) is 1. The maximum absolute atomic E-state index is 14.6. The Morgan fingerprint density at radius 2 is 1.48 bits per heavy atom. The summed E-state index contributed by atoms with van der Waals surface area (Å²) in [4.78, 5) is 1.90. The van der Waals surface area contributed by atoms with E-state index in [0.717, 1.165) is 24.3 Å². The maximum atomic E-state index is 14.6. The second-order valence-electron chi connectivity index (χ2n) is 6.06. The van der Waals surface area contributed by atoms with Crippen LogP contribution in [0.15, 0.2) is 36.4 Å². The maximum Gasteiger partial charge on any atom is 0.573 e. The minimum Gasteiger partial charge on any atom is -0.406 e. The molecule has 0 bridgehead atoms. The van der Waals surface area contributed by atoms with Gasteiger partial charge in [-0.1, -0.05) is 23.7 Å². The van der Waals surface area contributed by atoms with Crippen LogP contribution in [0.2, 0.25) is 5.02 Å². The highest BCUT2D eigenvalue weighted by molar-refractivity contribution is 6.31. The number of benzene rings is 2. The standard InChI is InChI=1S/C18H16ClF5N2O.2ClH/c19-16-14(21)6-5-13(20)15(16)17(26-9-7-25-8-10-26)11-1-3-12(4-2-11)27-18(22,23)24;;/h1-6,17,25H,7-10H2;2*1H/t17-;;/m1../s1. The number of nitrogens with one attached hydrogen (secondary N) is 1. The number of hydrogen-bond donors (Lipinski definition) is 1. The second-order valence-corrected chi connectivity index (χ2v) is 6.44. The fourth-order valence-electron chi connectivity index (χ4n) is 3.15. The molecule has 1 N–H and O–H groups in total. The Morgan fingerprint density at radius 3 is 2.03 bits per heavy atom. The molecule has 3 nitrogen and oxygen atoms in total. The number of ether oxygens (including phenoxy) is 1. The van der Waals surface area contributed by atoms with Crippen LogP contribution in [0.25, 0.3) is 0 Å². The zero-order valence-corrected chi connectivity index (χ0v) is 17.2. The first-order chi connectivity index (χ1) is 12.8. The van der Waals surface area contributed by atoms with E-state index >= 15 is 0 Å². The lowest BCUT2D eigenvalue weighted by Crippen LogP contribution is -2.45. The lowest BCUT2D eigenvalue weighted by Gasteiger charge is -2.36. The molecule has 1 aliphatic rings.